The van der Waals surface area contributed by atoms with Gasteiger partial charge in [0.2, 0.25) is 0 Å². The van der Waals surface area contributed by atoms with E-state index in [0.717, 1.165) is 30.5 Å². The molecule has 0 radical (unpaired) electrons. The third-order valence-electron chi connectivity index (χ3n) is 4.03. The molecule has 0 N–H and O–H groups in total. The first-order chi connectivity index (χ1) is 10.6. The van der Waals surface area contributed by atoms with E-state index < -0.39 is 5.97 Å². The van der Waals surface area contributed by atoms with Crippen molar-refractivity contribution >= 4 is 17.0 Å². The van der Waals surface area contributed by atoms with Crippen LogP contribution in [-0.4, -0.2) is 27.1 Å². The summed E-state index contributed by atoms with van der Waals surface area (Å²) in [5.74, 6) is 0.162. The zero-order valence-corrected chi connectivity index (χ0v) is 12.8. The average Bonchev–Trinajstić information content (AvgIpc) is 2.49. The Bertz CT molecular complexity index is 782. The van der Waals surface area contributed by atoms with E-state index in [1.54, 1.807) is 6.92 Å². The molecule has 22 heavy (non-hydrogen) atoms. The van der Waals surface area contributed by atoms with Crippen LogP contribution in [0, 0.1) is 5.92 Å². The Morgan fingerprint density at radius 1 is 1.50 bits per heavy atom. The summed E-state index contributed by atoms with van der Waals surface area (Å²) in [4.78, 5) is 32.8. The molecule has 0 aliphatic heterocycles. The van der Waals surface area contributed by atoms with Gasteiger partial charge in [-0.25, -0.2) is 9.97 Å². The van der Waals surface area contributed by atoms with Crippen molar-refractivity contribution in [3.8, 4) is 0 Å². The van der Waals surface area contributed by atoms with Crippen molar-refractivity contribution in [3.63, 3.8) is 0 Å². The molecule has 6 heteroatoms. The predicted molar refractivity (Wildman–Crippen MR) is 81.6 cm³/mol. The lowest BCUT2D eigenvalue weighted by molar-refractivity contribution is -0.143. The number of nitrogens with zero attached hydrogens (tertiary/aromatic N) is 3. The zero-order valence-electron chi connectivity index (χ0n) is 12.8. The molecule has 1 unspecified atom stereocenters. The smallest absolute Gasteiger partial charge is 0.326 e. The van der Waals surface area contributed by atoms with Gasteiger partial charge in [0.1, 0.15) is 12.9 Å². The van der Waals surface area contributed by atoms with Crippen LogP contribution in [0.1, 0.15) is 31.5 Å². The lowest BCUT2D eigenvalue weighted by atomic mass is 9.87. The SMILES string of the molecule is CCOC(=O)Cn1cnc2nc3c(cc2c1=O)CC(C)CC3. The summed E-state index contributed by atoms with van der Waals surface area (Å²) in [6, 6.07) is 1.89. The first kappa shape index (κ1) is 14.7. The molecule has 116 valence electrons. The second kappa shape index (κ2) is 5.87. The molecule has 1 aliphatic carbocycles. The maximum atomic E-state index is 12.5. The van der Waals surface area contributed by atoms with Crippen molar-refractivity contribution < 1.29 is 9.53 Å². The van der Waals surface area contributed by atoms with E-state index in [9.17, 15) is 9.59 Å². The summed E-state index contributed by atoms with van der Waals surface area (Å²) >= 11 is 0. The minimum atomic E-state index is -0.440. The van der Waals surface area contributed by atoms with Crippen LogP contribution in [0.4, 0.5) is 0 Å². The topological polar surface area (TPSA) is 74.1 Å². The van der Waals surface area contributed by atoms with Gasteiger partial charge in [0.15, 0.2) is 5.65 Å². The maximum absolute atomic E-state index is 12.5. The molecule has 2 aromatic heterocycles. The summed E-state index contributed by atoms with van der Waals surface area (Å²) in [6.45, 7) is 4.11. The largest absolute Gasteiger partial charge is 0.465 e. The van der Waals surface area contributed by atoms with E-state index in [1.807, 2.05) is 6.07 Å². The van der Waals surface area contributed by atoms with Crippen molar-refractivity contribution in [1.82, 2.24) is 14.5 Å². The lowest BCUT2D eigenvalue weighted by Crippen LogP contribution is -2.26. The Kier molecular flexibility index (Phi) is 3.92. The van der Waals surface area contributed by atoms with Crippen LogP contribution in [0.25, 0.3) is 11.0 Å². The van der Waals surface area contributed by atoms with Crippen LogP contribution in [0.2, 0.25) is 0 Å². The van der Waals surface area contributed by atoms with E-state index in [1.165, 1.54) is 10.9 Å². The van der Waals surface area contributed by atoms with Gasteiger partial charge in [-0.2, -0.15) is 0 Å². The number of carbonyl (C=O) groups excluding carboxylic acids is 1. The molecule has 0 fully saturated rings. The molecule has 1 atom stereocenters. The normalized spacial score (nSPS) is 17.3. The Balaban J connectivity index is 2.03. The van der Waals surface area contributed by atoms with E-state index in [-0.39, 0.29) is 12.1 Å². The first-order valence-corrected chi connectivity index (χ1v) is 7.62. The van der Waals surface area contributed by atoms with Gasteiger partial charge in [-0.3, -0.25) is 14.2 Å². The van der Waals surface area contributed by atoms with Gasteiger partial charge in [-0.05, 0) is 43.7 Å². The minimum Gasteiger partial charge on any atom is -0.465 e. The summed E-state index contributed by atoms with van der Waals surface area (Å²) in [5, 5.41) is 0.472. The fourth-order valence-corrected chi connectivity index (χ4v) is 2.88. The van der Waals surface area contributed by atoms with Crippen molar-refractivity contribution in [1.29, 1.82) is 0 Å². The van der Waals surface area contributed by atoms with Gasteiger partial charge in [-0.1, -0.05) is 6.92 Å². The van der Waals surface area contributed by atoms with Crippen molar-refractivity contribution in [2.24, 2.45) is 5.92 Å². The molecule has 0 bridgehead atoms. The number of hydrogen-bond acceptors (Lipinski definition) is 5. The predicted octanol–water partition coefficient (Wildman–Crippen LogP) is 1.48. The molecule has 3 rings (SSSR count). The van der Waals surface area contributed by atoms with Gasteiger partial charge in [0.25, 0.3) is 5.56 Å². The quantitative estimate of drug-likeness (QED) is 0.803. The fourth-order valence-electron chi connectivity index (χ4n) is 2.88. The molecule has 0 amide bonds. The molecule has 0 spiro atoms. The number of carbonyl (C=O) groups is 1. The highest BCUT2D eigenvalue weighted by atomic mass is 16.5. The Hall–Kier alpha value is -2.24. The average molecular weight is 301 g/mol. The van der Waals surface area contributed by atoms with Gasteiger partial charge < -0.3 is 4.74 Å². The molecule has 0 aromatic carbocycles. The van der Waals surface area contributed by atoms with Gasteiger partial charge in [0, 0.05) is 5.69 Å². The van der Waals surface area contributed by atoms with Crippen LogP contribution in [0.15, 0.2) is 17.2 Å². The van der Waals surface area contributed by atoms with Crippen LogP contribution in [0.3, 0.4) is 0 Å². The van der Waals surface area contributed by atoms with Gasteiger partial charge in [0.05, 0.1) is 12.0 Å². The standard InChI is InChI=1S/C16H19N3O3/c1-3-22-14(20)8-19-9-17-15-12(16(19)21)7-11-6-10(2)4-5-13(11)18-15/h7,9-10H,3-6,8H2,1-2H3. The van der Waals surface area contributed by atoms with E-state index in [0.29, 0.717) is 23.6 Å². The highest BCUT2D eigenvalue weighted by Gasteiger charge is 2.19. The number of rotatable bonds is 3. The molecule has 2 heterocycles. The van der Waals surface area contributed by atoms with E-state index >= 15 is 0 Å². The number of esters is 1. The molecule has 1 aliphatic rings. The zero-order chi connectivity index (χ0) is 15.7. The number of ether oxygens (including phenoxy) is 1. The molecule has 2 aromatic rings. The molecular weight excluding hydrogens is 282 g/mol. The molecule has 0 saturated carbocycles. The Labute approximate surface area is 128 Å². The third kappa shape index (κ3) is 2.73. The Morgan fingerprint density at radius 3 is 3.09 bits per heavy atom. The summed E-state index contributed by atoms with van der Waals surface area (Å²) in [6.07, 6.45) is 4.35. The van der Waals surface area contributed by atoms with E-state index in [4.69, 9.17) is 4.74 Å². The number of aromatic nitrogens is 3. The Morgan fingerprint density at radius 2 is 2.32 bits per heavy atom. The monoisotopic (exact) mass is 301 g/mol. The molecular formula is C16H19N3O3. The summed E-state index contributed by atoms with van der Waals surface area (Å²) in [7, 11) is 0. The number of hydrogen-bond donors (Lipinski definition) is 0. The van der Waals surface area contributed by atoms with Crippen LogP contribution < -0.4 is 5.56 Å². The number of pyridine rings is 1. The summed E-state index contributed by atoms with van der Waals surface area (Å²) < 4.78 is 6.15. The maximum Gasteiger partial charge on any atom is 0.326 e. The van der Waals surface area contributed by atoms with Gasteiger partial charge in [-0.15, -0.1) is 0 Å². The minimum absolute atomic E-state index is 0.122. The van der Waals surface area contributed by atoms with Crippen molar-refractivity contribution in [3.05, 3.63) is 34.0 Å². The lowest BCUT2D eigenvalue weighted by Gasteiger charge is -2.20. The fraction of sp³-hybridized carbons (Fsp3) is 0.500. The second-order valence-corrected chi connectivity index (χ2v) is 5.80. The van der Waals surface area contributed by atoms with Crippen LogP contribution in [0.5, 0.6) is 0 Å². The third-order valence-corrected chi connectivity index (χ3v) is 4.03. The van der Waals surface area contributed by atoms with Crippen LogP contribution >= 0.6 is 0 Å². The second-order valence-electron chi connectivity index (χ2n) is 5.80. The number of fused-ring (bicyclic) bond motifs is 2. The van der Waals surface area contributed by atoms with E-state index in [2.05, 4.69) is 16.9 Å². The summed E-state index contributed by atoms with van der Waals surface area (Å²) in [5.41, 5.74) is 2.38. The van der Waals surface area contributed by atoms with Gasteiger partial charge >= 0.3 is 5.97 Å². The van der Waals surface area contributed by atoms with Crippen molar-refractivity contribution in [2.75, 3.05) is 6.61 Å². The number of aryl methyl sites for hydroxylation is 1. The molecule has 6 nitrogen and oxygen atoms in total. The highest BCUT2D eigenvalue weighted by Crippen LogP contribution is 2.25. The molecule has 0 saturated heterocycles. The first-order valence-electron chi connectivity index (χ1n) is 7.62. The van der Waals surface area contributed by atoms with Crippen LogP contribution in [-0.2, 0) is 28.9 Å². The van der Waals surface area contributed by atoms with Crippen molar-refractivity contribution in [2.45, 2.75) is 39.7 Å². The highest BCUT2D eigenvalue weighted by molar-refractivity contribution is 5.75.